The first-order valence-corrected chi connectivity index (χ1v) is 8.04. The molecule has 1 heterocycles. The molecule has 0 saturated heterocycles. The smallest absolute Gasteiger partial charge is 0.449 e. The van der Waals surface area contributed by atoms with Gasteiger partial charge in [0.05, 0.1) is 24.0 Å². The van der Waals surface area contributed by atoms with Gasteiger partial charge in [0.25, 0.3) is 0 Å². The second-order valence-electron chi connectivity index (χ2n) is 5.09. The number of anilines is 1. The topological polar surface area (TPSA) is 101 Å². The number of rotatable bonds is 6. The molecule has 0 radical (unpaired) electrons. The Kier molecular flexibility index (Phi) is 5.54. The first-order valence-electron chi connectivity index (χ1n) is 7.25. The van der Waals surface area contributed by atoms with Crippen LogP contribution in [0.5, 0.6) is 0 Å². The molecule has 0 amide bonds. The standard InChI is InChI=1S/C14H18BrN4O4/c1-3-9(2)23-13(20)6-7-16-14-17-19(22)12-8-10(15)4-5-11(12)18(14)21/h4-5,8-9,21H,3,6-7H2,1-2H3,(H,16,17,22)/q+1/p+1. The lowest BCUT2D eigenvalue weighted by molar-refractivity contribution is -0.881. The molecule has 1 unspecified atom stereocenters. The van der Waals surface area contributed by atoms with Crippen LogP contribution in [0.2, 0.25) is 0 Å². The van der Waals surface area contributed by atoms with Gasteiger partial charge in [-0.3, -0.25) is 10.1 Å². The third-order valence-corrected chi connectivity index (χ3v) is 3.83. The summed E-state index contributed by atoms with van der Waals surface area (Å²) in [4.78, 5) is 23.6. The van der Waals surface area contributed by atoms with Crippen molar-refractivity contribution in [2.24, 2.45) is 0 Å². The maximum absolute atomic E-state index is 12.0. The third-order valence-electron chi connectivity index (χ3n) is 3.33. The highest BCUT2D eigenvalue weighted by molar-refractivity contribution is 9.10. The van der Waals surface area contributed by atoms with E-state index in [1.165, 1.54) is 0 Å². The Balaban J connectivity index is 2.09. The van der Waals surface area contributed by atoms with Gasteiger partial charge in [-0.1, -0.05) is 22.9 Å². The molecular formula is C14H19BrN4O4+2. The van der Waals surface area contributed by atoms with Crippen molar-refractivity contribution in [3.8, 4) is 0 Å². The van der Waals surface area contributed by atoms with E-state index in [2.05, 4.69) is 26.3 Å². The lowest BCUT2D eigenvalue weighted by atomic mass is 10.3. The van der Waals surface area contributed by atoms with E-state index in [4.69, 9.17) is 4.74 Å². The first-order chi connectivity index (χ1) is 10.9. The van der Waals surface area contributed by atoms with Crippen LogP contribution in [-0.4, -0.2) is 28.9 Å². The number of hydrogen-bond donors (Lipinski definition) is 3. The molecule has 1 aromatic carbocycles. The van der Waals surface area contributed by atoms with Crippen molar-refractivity contribution in [2.45, 2.75) is 32.8 Å². The number of aromatic amines is 1. The maximum atomic E-state index is 12.0. The molecule has 0 aliphatic heterocycles. The Morgan fingerprint density at radius 2 is 2.22 bits per heavy atom. The summed E-state index contributed by atoms with van der Waals surface area (Å²) in [6.07, 6.45) is 0.745. The predicted molar refractivity (Wildman–Crippen MR) is 85.7 cm³/mol. The highest BCUT2D eigenvalue weighted by atomic mass is 79.9. The predicted octanol–water partition coefficient (Wildman–Crippen LogP) is 1.51. The number of hydrogen-bond acceptors (Lipinski definition) is 5. The molecule has 9 heteroatoms. The minimum Gasteiger partial charge on any atom is -0.463 e. The van der Waals surface area contributed by atoms with E-state index in [0.29, 0.717) is 10.1 Å². The second-order valence-corrected chi connectivity index (χ2v) is 6.00. The van der Waals surface area contributed by atoms with Crippen LogP contribution in [-0.2, 0) is 9.53 Å². The first kappa shape index (κ1) is 17.2. The summed E-state index contributed by atoms with van der Waals surface area (Å²) >= 11 is 3.27. The minimum absolute atomic E-state index is 0.0752. The van der Waals surface area contributed by atoms with Gasteiger partial charge in [-0.05, 0) is 30.2 Å². The Labute approximate surface area is 140 Å². The van der Waals surface area contributed by atoms with Gasteiger partial charge in [0.15, 0.2) is 0 Å². The average molecular weight is 387 g/mol. The number of H-pyrrole nitrogens is 1. The highest BCUT2D eigenvalue weighted by Crippen LogP contribution is 2.14. The van der Waals surface area contributed by atoms with Crippen molar-refractivity contribution in [3.05, 3.63) is 27.6 Å². The van der Waals surface area contributed by atoms with Gasteiger partial charge in [0.1, 0.15) is 0 Å². The fraction of sp³-hybridized carbons (Fsp3) is 0.429. The van der Waals surface area contributed by atoms with Crippen molar-refractivity contribution in [1.82, 2.24) is 5.10 Å². The van der Waals surface area contributed by atoms with Crippen LogP contribution in [0.25, 0.3) is 11.0 Å². The zero-order valence-corrected chi connectivity index (χ0v) is 14.5. The van der Waals surface area contributed by atoms with Crippen LogP contribution in [0, 0.1) is 4.91 Å². The summed E-state index contributed by atoms with van der Waals surface area (Å²) in [5, 5.41) is 15.4. The molecule has 124 valence electrons. The number of aromatic nitrogens is 3. The van der Waals surface area contributed by atoms with E-state index in [9.17, 15) is 14.9 Å². The second kappa shape index (κ2) is 7.40. The fourth-order valence-electron chi connectivity index (χ4n) is 1.93. The molecule has 0 saturated carbocycles. The summed E-state index contributed by atoms with van der Waals surface area (Å²) in [6, 6.07) is 4.89. The highest BCUT2D eigenvalue weighted by Gasteiger charge is 2.23. The normalized spacial score (nSPS) is 12.1. The SMILES string of the molecule is CCC(C)OC(=O)CCNc1[nH][n+](=O)c2cc(Br)ccc2[n+]1O. The molecule has 3 N–H and O–H groups in total. The number of fused-ring (bicyclic) bond motifs is 1. The Morgan fingerprint density at radius 3 is 2.91 bits per heavy atom. The van der Waals surface area contributed by atoms with Gasteiger partial charge in [-0.15, -0.1) is 0 Å². The molecule has 2 rings (SSSR count). The van der Waals surface area contributed by atoms with Crippen molar-refractivity contribution >= 4 is 38.9 Å². The Hall–Kier alpha value is -2.16. The zero-order chi connectivity index (χ0) is 17.0. The molecule has 0 fully saturated rings. The number of nitrogens with zero attached hydrogens (tertiary/aromatic N) is 2. The van der Waals surface area contributed by atoms with Gasteiger partial charge in [-0.25, -0.2) is 0 Å². The summed E-state index contributed by atoms with van der Waals surface area (Å²) in [7, 11) is 0. The van der Waals surface area contributed by atoms with Crippen molar-refractivity contribution < 1.29 is 24.0 Å². The quantitative estimate of drug-likeness (QED) is 0.396. The summed E-state index contributed by atoms with van der Waals surface area (Å²) in [5.74, 6) is -0.262. The van der Waals surface area contributed by atoms with Gasteiger partial charge >= 0.3 is 17.4 Å². The number of carbonyl (C=O) groups excluding carboxylic acids is 1. The van der Waals surface area contributed by atoms with Crippen LogP contribution in [0.4, 0.5) is 5.95 Å². The van der Waals surface area contributed by atoms with E-state index in [1.807, 2.05) is 13.8 Å². The molecule has 0 spiro atoms. The van der Waals surface area contributed by atoms with Gasteiger partial charge in [0, 0.05) is 15.6 Å². The van der Waals surface area contributed by atoms with E-state index in [-0.39, 0.29) is 36.5 Å². The van der Waals surface area contributed by atoms with E-state index >= 15 is 0 Å². The van der Waals surface area contributed by atoms with Gasteiger partial charge < -0.3 is 9.94 Å². The van der Waals surface area contributed by atoms with E-state index in [0.717, 1.165) is 15.6 Å². The lowest BCUT2D eigenvalue weighted by Gasteiger charge is -2.09. The summed E-state index contributed by atoms with van der Waals surface area (Å²) < 4.78 is 7.23. The molecule has 1 atom stereocenters. The Bertz CT molecular complexity index is 777. The summed E-state index contributed by atoms with van der Waals surface area (Å²) in [6.45, 7) is 3.97. The molecule has 8 nitrogen and oxygen atoms in total. The van der Waals surface area contributed by atoms with Gasteiger partial charge in [-0.2, -0.15) is 0 Å². The number of ether oxygens (including phenoxy) is 1. The molecule has 2 aromatic rings. The maximum Gasteiger partial charge on any atom is 0.449 e. The largest absolute Gasteiger partial charge is 0.463 e. The molecule has 0 aliphatic carbocycles. The van der Waals surface area contributed by atoms with Crippen LogP contribution in [0.1, 0.15) is 26.7 Å². The van der Waals surface area contributed by atoms with E-state index in [1.54, 1.807) is 18.2 Å². The zero-order valence-electron chi connectivity index (χ0n) is 12.9. The number of esters is 1. The molecule has 0 aliphatic rings. The monoisotopic (exact) mass is 386 g/mol. The third kappa shape index (κ3) is 4.19. The van der Waals surface area contributed by atoms with Crippen LogP contribution >= 0.6 is 15.9 Å². The summed E-state index contributed by atoms with van der Waals surface area (Å²) in [5.41, 5.74) is 0.593. The lowest BCUT2D eigenvalue weighted by Crippen LogP contribution is -2.42. The number of halogens is 1. The van der Waals surface area contributed by atoms with Crippen LogP contribution in [0.3, 0.4) is 0 Å². The number of nitrogens with one attached hydrogen (secondary N) is 2. The number of carbonyl (C=O) groups is 1. The van der Waals surface area contributed by atoms with Crippen LogP contribution in [0.15, 0.2) is 22.7 Å². The van der Waals surface area contributed by atoms with E-state index < -0.39 is 0 Å². The molecule has 0 bridgehead atoms. The van der Waals surface area contributed by atoms with Crippen LogP contribution < -0.4 is 14.6 Å². The van der Waals surface area contributed by atoms with Gasteiger partial charge in [0.2, 0.25) is 10.1 Å². The molecular weight excluding hydrogens is 368 g/mol. The fourth-order valence-corrected chi connectivity index (χ4v) is 2.28. The van der Waals surface area contributed by atoms with Crippen molar-refractivity contribution in [2.75, 3.05) is 11.9 Å². The van der Waals surface area contributed by atoms with Crippen molar-refractivity contribution in [3.63, 3.8) is 0 Å². The number of benzene rings is 1. The molecule has 1 aromatic heterocycles. The molecule has 23 heavy (non-hydrogen) atoms. The minimum atomic E-state index is -0.337. The Morgan fingerprint density at radius 1 is 1.48 bits per heavy atom. The average Bonchev–Trinajstić information content (AvgIpc) is 2.51. The van der Waals surface area contributed by atoms with Crippen molar-refractivity contribution in [1.29, 1.82) is 0 Å².